The average molecular weight is 451 g/mol. The summed E-state index contributed by atoms with van der Waals surface area (Å²) >= 11 is 0. The number of aromatic amines is 1. The van der Waals surface area contributed by atoms with Crippen molar-refractivity contribution in [3.8, 4) is 0 Å². The van der Waals surface area contributed by atoms with E-state index in [1.807, 2.05) is 48.8 Å². The van der Waals surface area contributed by atoms with Crippen LogP contribution in [0.5, 0.6) is 0 Å². The van der Waals surface area contributed by atoms with Crippen molar-refractivity contribution in [2.75, 3.05) is 31.1 Å². The van der Waals surface area contributed by atoms with Crippen LogP contribution in [0.4, 0.5) is 5.95 Å². The quantitative estimate of drug-likeness (QED) is 0.487. The zero-order chi connectivity index (χ0) is 23.6. The third-order valence-electron chi connectivity index (χ3n) is 7.42. The molecule has 2 amide bonds. The lowest BCUT2D eigenvalue weighted by atomic mass is 9.34. The number of para-hydroxylation sites is 1. The Balaban J connectivity index is 1.18. The van der Waals surface area contributed by atoms with Gasteiger partial charge in [0, 0.05) is 31.6 Å². The molecule has 174 valence electrons. The summed E-state index contributed by atoms with van der Waals surface area (Å²) < 4.78 is 0. The fourth-order valence-corrected chi connectivity index (χ4v) is 5.37. The van der Waals surface area contributed by atoms with Crippen LogP contribution in [0.1, 0.15) is 40.0 Å². The van der Waals surface area contributed by atoms with Gasteiger partial charge in [0.1, 0.15) is 5.84 Å². The molecule has 9 heteroatoms. The van der Waals surface area contributed by atoms with E-state index in [0.29, 0.717) is 62.3 Å². The number of rotatable bonds is 3. The molecule has 3 N–H and O–H groups in total. The molecule has 3 aliphatic carbocycles. The van der Waals surface area contributed by atoms with Crippen molar-refractivity contribution in [3.63, 3.8) is 0 Å². The molecule has 33 heavy (non-hydrogen) atoms. The average Bonchev–Trinajstić information content (AvgIpc) is 2.71. The Bertz CT molecular complexity index is 1200. The number of amides is 2. The van der Waals surface area contributed by atoms with E-state index in [1.54, 1.807) is 6.07 Å². The van der Waals surface area contributed by atoms with E-state index < -0.39 is 16.2 Å². The van der Waals surface area contributed by atoms with Crippen LogP contribution in [0.15, 0.2) is 29.1 Å². The van der Waals surface area contributed by atoms with Crippen LogP contribution in [0.2, 0.25) is 0 Å². The van der Waals surface area contributed by atoms with Gasteiger partial charge in [0.15, 0.2) is 0 Å². The number of carbonyl (C=O) groups excluding carboxylic acids is 2. The molecular weight excluding hydrogens is 420 g/mol. The van der Waals surface area contributed by atoms with Crippen molar-refractivity contribution in [3.05, 3.63) is 34.6 Å². The van der Waals surface area contributed by atoms with Crippen molar-refractivity contribution in [1.29, 1.82) is 5.41 Å². The molecule has 1 aliphatic heterocycles. The van der Waals surface area contributed by atoms with Gasteiger partial charge in [0.05, 0.1) is 21.7 Å². The maximum absolute atomic E-state index is 13.2. The monoisotopic (exact) mass is 450 g/mol. The van der Waals surface area contributed by atoms with Gasteiger partial charge in [-0.25, -0.2) is 4.98 Å². The molecular formula is C24H30N6O3. The van der Waals surface area contributed by atoms with Gasteiger partial charge in [-0.3, -0.25) is 24.8 Å². The summed E-state index contributed by atoms with van der Waals surface area (Å²) in [6.07, 6.45) is 1.71. The number of aromatic nitrogens is 2. The number of piperazine rings is 1. The largest absolute Gasteiger partial charge is 0.339 e. The Morgan fingerprint density at radius 1 is 1.06 bits per heavy atom. The first-order chi connectivity index (χ1) is 15.5. The normalized spacial score (nSPS) is 26.4. The van der Waals surface area contributed by atoms with Gasteiger partial charge < -0.3 is 15.1 Å². The molecule has 0 unspecified atom stereocenters. The van der Waals surface area contributed by atoms with Crippen LogP contribution in [-0.4, -0.2) is 58.7 Å². The molecule has 4 fully saturated rings. The fourth-order valence-electron chi connectivity index (χ4n) is 5.37. The summed E-state index contributed by atoms with van der Waals surface area (Å²) in [6.45, 7) is 7.99. The Morgan fingerprint density at radius 2 is 1.70 bits per heavy atom. The number of H-pyrrole nitrogens is 1. The van der Waals surface area contributed by atoms with E-state index >= 15 is 0 Å². The summed E-state index contributed by atoms with van der Waals surface area (Å²) in [6, 6.07) is 7.25. The zero-order valence-electron chi connectivity index (χ0n) is 19.3. The number of amidine groups is 1. The van der Waals surface area contributed by atoms with E-state index in [1.165, 1.54) is 0 Å². The maximum Gasteiger partial charge on any atom is 0.260 e. The standard InChI is InChI=1S/C24H30N6O3/c1-22(2,3)18(25)28-19(32)23-12-24(13-23,14-23)20(33)29-8-10-30(11-9-29)21-26-16-7-5-4-6-15(16)17(31)27-21/h4-7H,8-14H2,1-3H3,(H2,25,28,32)(H,26,27,31). The van der Waals surface area contributed by atoms with Gasteiger partial charge >= 0.3 is 0 Å². The third-order valence-corrected chi connectivity index (χ3v) is 7.42. The molecule has 0 spiro atoms. The molecule has 9 nitrogen and oxygen atoms in total. The molecule has 3 saturated carbocycles. The van der Waals surface area contributed by atoms with Crippen LogP contribution in [0.25, 0.3) is 10.9 Å². The highest BCUT2D eigenvalue weighted by Crippen LogP contribution is 2.74. The van der Waals surface area contributed by atoms with Gasteiger partial charge in [-0.1, -0.05) is 32.9 Å². The number of carbonyl (C=O) groups is 2. The van der Waals surface area contributed by atoms with E-state index in [2.05, 4.69) is 15.3 Å². The topological polar surface area (TPSA) is 122 Å². The van der Waals surface area contributed by atoms with Gasteiger partial charge in [-0.15, -0.1) is 0 Å². The second-order valence-electron chi connectivity index (χ2n) is 10.9. The van der Waals surface area contributed by atoms with Gasteiger partial charge in [0.25, 0.3) is 5.56 Å². The predicted molar refractivity (Wildman–Crippen MR) is 125 cm³/mol. The first-order valence-corrected chi connectivity index (χ1v) is 11.5. The zero-order valence-corrected chi connectivity index (χ0v) is 19.3. The molecule has 0 atom stereocenters. The molecule has 1 saturated heterocycles. The molecule has 1 aromatic heterocycles. The van der Waals surface area contributed by atoms with E-state index in [0.717, 1.165) is 0 Å². The summed E-state index contributed by atoms with van der Waals surface area (Å²) in [5.41, 5.74) is -0.809. The summed E-state index contributed by atoms with van der Waals surface area (Å²) in [7, 11) is 0. The van der Waals surface area contributed by atoms with Crippen LogP contribution in [0, 0.1) is 21.7 Å². The van der Waals surface area contributed by atoms with Crippen molar-refractivity contribution in [2.24, 2.45) is 16.2 Å². The number of nitrogens with zero attached hydrogens (tertiary/aromatic N) is 3. The summed E-state index contributed by atoms with van der Waals surface area (Å²) in [5, 5.41) is 11.4. The van der Waals surface area contributed by atoms with E-state index in [9.17, 15) is 14.4 Å². The highest BCUT2D eigenvalue weighted by Gasteiger charge is 2.75. The Morgan fingerprint density at radius 3 is 2.33 bits per heavy atom. The minimum Gasteiger partial charge on any atom is -0.339 e. The van der Waals surface area contributed by atoms with Crippen molar-refractivity contribution in [2.45, 2.75) is 40.0 Å². The van der Waals surface area contributed by atoms with E-state index in [4.69, 9.17) is 5.41 Å². The fraction of sp³-hybridized carbons (Fsp3) is 0.542. The highest BCUT2D eigenvalue weighted by molar-refractivity contribution is 6.05. The summed E-state index contributed by atoms with van der Waals surface area (Å²) in [4.78, 5) is 49.6. The Hall–Kier alpha value is -3.23. The molecule has 2 bridgehead atoms. The minimum atomic E-state index is -0.483. The van der Waals surface area contributed by atoms with Gasteiger partial charge in [-0.05, 0) is 31.4 Å². The highest BCUT2D eigenvalue weighted by atomic mass is 16.2. The Kier molecular flexibility index (Phi) is 4.67. The first-order valence-electron chi connectivity index (χ1n) is 11.5. The predicted octanol–water partition coefficient (Wildman–Crippen LogP) is 1.88. The second-order valence-corrected chi connectivity index (χ2v) is 10.9. The number of fused-ring (bicyclic) bond motifs is 1. The number of benzene rings is 1. The van der Waals surface area contributed by atoms with Crippen molar-refractivity contribution in [1.82, 2.24) is 20.2 Å². The SMILES string of the molecule is CC(C)(C)C(=N)NC(=O)C12CC(C(=O)N3CCN(c4nc5ccccc5c(=O)[nH]4)CC3)(C1)C2. The van der Waals surface area contributed by atoms with Crippen LogP contribution in [0.3, 0.4) is 0 Å². The maximum atomic E-state index is 13.2. The molecule has 0 radical (unpaired) electrons. The lowest BCUT2D eigenvalue weighted by molar-refractivity contribution is -0.215. The molecule has 6 rings (SSSR count). The molecule has 2 heterocycles. The first kappa shape index (κ1) is 21.6. The molecule has 2 aromatic rings. The summed E-state index contributed by atoms with van der Waals surface area (Å²) in [5.74, 6) is 0.762. The van der Waals surface area contributed by atoms with Crippen LogP contribution < -0.4 is 15.8 Å². The molecule has 1 aromatic carbocycles. The minimum absolute atomic E-state index is 0.117. The van der Waals surface area contributed by atoms with Crippen LogP contribution in [-0.2, 0) is 9.59 Å². The Labute approximate surface area is 192 Å². The van der Waals surface area contributed by atoms with Crippen molar-refractivity contribution < 1.29 is 9.59 Å². The smallest absolute Gasteiger partial charge is 0.260 e. The third kappa shape index (κ3) is 3.41. The molecule has 4 aliphatic rings. The van der Waals surface area contributed by atoms with Crippen molar-refractivity contribution >= 4 is 34.5 Å². The van der Waals surface area contributed by atoms with Gasteiger partial charge in [0.2, 0.25) is 17.8 Å². The number of hydrogen-bond acceptors (Lipinski definition) is 6. The number of anilines is 1. The van der Waals surface area contributed by atoms with E-state index in [-0.39, 0.29) is 23.2 Å². The second kappa shape index (κ2) is 7.13. The lowest BCUT2D eigenvalue weighted by Gasteiger charge is -2.68. The van der Waals surface area contributed by atoms with Gasteiger partial charge in [-0.2, -0.15) is 0 Å². The van der Waals surface area contributed by atoms with Crippen LogP contribution >= 0.6 is 0 Å². The number of hydrogen-bond donors (Lipinski definition) is 3. The lowest BCUT2D eigenvalue weighted by Crippen LogP contribution is -2.73. The number of nitrogens with one attached hydrogen (secondary N) is 3.